The zero-order valence-electron chi connectivity index (χ0n) is 20.2. The van der Waals surface area contributed by atoms with Crippen molar-refractivity contribution in [1.29, 1.82) is 0 Å². The molecule has 0 spiro atoms. The minimum atomic E-state index is -0.549. The summed E-state index contributed by atoms with van der Waals surface area (Å²) in [6, 6.07) is 7.87. The summed E-state index contributed by atoms with van der Waals surface area (Å²) in [5, 5.41) is 12.3. The summed E-state index contributed by atoms with van der Waals surface area (Å²) in [6.45, 7) is 10.8. The lowest BCUT2D eigenvalue weighted by Gasteiger charge is -2.51. The highest BCUT2D eigenvalue weighted by molar-refractivity contribution is 5.87. The van der Waals surface area contributed by atoms with Crippen LogP contribution in [-0.4, -0.2) is 66.5 Å². The number of hydrogen-bond acceptors (Lipinski definition) is 7. The maximum absolute atomic E-state index is 11.4. The number of nitrogens with zero attached hydrogens (tertiary/aromatic N) is 2. The van der Waals surface area contributed by atoms with Gasteiger partial charge in [0.25, 0.3) is 0 Å². The van der Waals surface area contributed by atoms with Gasteiger partial charge in [-0.2, -0.15) is 0 Å². The minimum absolute atomic E-state index is 0.157. The van der Waals surface area contributed by atoms with Crippen LogP contribution in [0.1, 0.15) is 44.8 Å². The van der Waals surface area contributed by atoms with E-state index >= 15 is 0 Å². The van der Waals surface area contributed by atoms with E-state index in [1.165, 1.54) is 12.8 Å². The molecule has 1 aromatic heterocycles. The molecule has 184 valence electrons. The average molecular weight is 469 g/mol. The van der Waals surface area contributed by atoms with Crippen molar-refractivity contribution in [3.63, 3.8) is 0 Å². The smallest absolute Gasteiger partial charge is 0.333 e. The zero-order valence-corrected chi connectivity index (χ0v) is 20.2. The number of aliphatic hydroxyl groups is 1. The molecule has 2 bridgehead atoms. The molecule has 2 aromatic rings. The second-order valence-corrected chi connectivity index (χ2v) is 9.42. The Labute approximate surface area is 201 Å². The number of benzene rings is 1. The minimum Gasteiger partial charge on any atom is -0.491 e. The number of fused-ring (bicyclic) bond motifs is 4. The number of hydrogen-bond donors (Lipinski definition) is 1. The van der Waals surface area contributed by atoms with Crippen molar-refractivity contribution in [1.82, 2.24) is 9.88 Å². The number of esters is 1. The van der Waals surface area contributed by atoms with E-state index < -0.39 is 12.1 Å². The molecule has 3 aliphatic rings. The summed E-state index contributed by atoms with van der Waals surface area (Å²) in [7, 11) is 0. The molecular weight excluding hydrogens is 432 g/mol. The standard InChI is InChI=1S/C27H36N2O5/c1-4-19-17-29-10-8-20(19)15-25(29)26(30)22-7-9-28-24-6-5-21(16-23(22)24)33-13-11-32-12-14-34-27(31)18(2)3/h5-7,9,16,19-20,25-26,30H,2,4,8,10-15,17H2,1,3H3/t19-,20-,25+,26-/m0/s1. The second-order valence-electron chi connectivity index (χ2n) is 9.42. The van der Waals surface area contributed by atoms with E-state index in [0.717, 1.165) is 41.9 Å². The topological polar surface area (TPSA) is 81.1 Å². The Kier molecular flexibility index (Phi) is 8.19. The molecule has 1 unspecified atom stereocenters. The van der Waals surface area contributed by atoms with Gasteiger partial charge in [-0.25, -0.2) is 4.79 Å². The molecule has 0 saturated carbocycles. The van der Waals surface area contributed by atoms with Gasteiger partial charge in [0.1, 0.15) is 19.0 Å². The lowest BCUT2D eigenvalue weighted by molar-refractivity contribution is -0.140. The van der Waals surface area contributed by atoms with Crippen LogP contribution in [0.5, 0.6) is 5.75 Å². The molecule has 5 atom stereocenters. The van der Waals surface area contributed by atoms with Gasteiger partial charge in [-0.15, -0.1) is 0 Å². The molecule has 0 aliphatic carbocycles. The van der Waals surface area contributed by atoms with Crippen molar-refractivity contribution >= 4 is 16.9 Å². The first-order valence-corrected chi connectivity index (χ1v) is 12.3. The van der Waals surface area contributed by atoms with E-state index in [-0.39, 0.29) is 12.6 Å². The van der Waals surface area contributed by atoms with Gasteiger partial charge < -0.3 is 19.3 Å². The van der Waals surface area contributed by atoms with E-state index in [2.05, 4.69) is 23.4 Å². The number of carbonyl (C=O) groups is 1. The number of carbonyl (C=O) groups excluding carboxylic acids is 1. The molecule has 1 N–H and O–H groups in total. The predicted octanol–water partition coefficient (Wildman–Crippen LogP) is 3.90. The fraction of sp³-hybridized carbons (Fsp3) is 0.556. The van der Waals surface area contributed by atoms with Gasteiger partial charge in [0.05, 0.1) is 24.8 Å². The van der Waals surface area contributed by atoms with Crippen molar-refractivity contribution in [2.24, 2.45) is 11.8 Å². The van der Waals surface area contributed by atoms with E-state index in [0.29, 0.717) is 37.1 Å². The van der Waals surface area contributed by atoms with Gasteiger partial charge in [0.2, 0.25) is 0 Å². The van der Waals surface area contributed by atoms with Crippen LogP contribution < -0.4 is 4.74 Å². The average Bonchev–Trinajstić information content (AvgIpc) is 2.87. The summed E-state index contributed by atoms with van der Waals surface area (Å²) < 4.78 is 16.3. The number of aromatic nitrogens is 1. The lowest BCUT2D eigenvalue weighted by atomic mass is 9.72. The third kappa shape index (κ3) is 5.59. The van der Waals surface area contributed by atoms with Crippen LogP contribution in [0.15, 0.2) is 42.6 Å². The Balaban J connectivity index is 1.35. The molecule has 1 aromatic carbocycles. The molecule has 34 heavy (non-hydrogen) atoms. The monoisotopic (exact) mass is 468 g/mol. The van der Waals surface area contributed by atoms with Crippen molar-refractivity contribution in [2.45, 2.75) is 45.3 Å². The fourth-order valence-electron chi connectivity index (χ4n) is 5.31. The lowest BCUT2D eigenvalue weighted by Crippen LogP contribution is -2.55. The van der Waals surface area contributed by atoms with E-state index in [1.807, 2.05) is 24.3 Å². The molecule has 7 nitrogen and oxygen atoms in total. The zero-order chi connectivity index (χ0) is 24.1. The van der Waals surface area contributed by atoms with Gasteiger partial charge in [0, 0.05) is 29.7 Å². The third-order valence-electron chi connectivity index (χ3n) is 7.20. The van der Waals surface area contributed by atoms with Gasteiger partial charge in [0.15, 0.2) is 0 Å². The van der Waals surface area contributed by atoms with Crippen molar-refractivity contribution < 1.29 is 24.1 Å². The highest BCUT2D eigenvalue weighted by Gasteiger charge is 2.42. The fourth-order valence-corrected chi connectivity index (χ4v) is 5.31. The number of piperidine rings is 3. The highest BCUT2D eigenvalue weighted by Crippen LogP contribution is 2.42. The first-order chi connectivity index (χ1) is 16.5. The third-order valence-corrected chi connectivity index (χ3v) is 7.20. The maximum atomic E-state index is 11.4. The van der Waals surface area contributed by atoms with E-state index in [9.17, 15) is 9.90 Å². The Morgan fingerprint density at radius 2 is 2.09 bits per heavy atom. The van der Waals surface area contributed by atoms with Gasteiger partial charge in [-0.1, -0.05) is 19.9 Å². The Bertz CT molecular complexity index is 1010. The summed E-state index contributed by atoms with van der Waals surface area (Å²) in [5.41, 5.74) is 2.13. The van der Waals surface area contributed by atoms with Crippen LogP contribution in [0.4, 0.5) is 0 Å². The largest absolute Gasteiger partial charge is 0.491 e. The van der Waals surface area contributed by atoms with Crippen molar-refractivity contribution in [2.75, 3.05) is 39.5 Å². The Morgan fingerprint density at radius 1 is 1.26 bits per heavy atom. The number of aliphatic hydroxyl groups excluding tert-OH is 1. The molecule has 3 saturated heterocycles. The SMILES string of the molecule is C=C(C)C(=O)OCCOCCOc1ccc2nccc([C@H](O)[C@H]3C[C@@H]4CCN3C[C@@H]4CC)c2c1. The van der Waals surface area contributed by atoms with Crippen LogP contribution in [0.2, 0.25) is 0 Å². The molecule has 3 aliphatic heterocycles. The maximum Gasteiger partial charge on any atom is 0.333 e. The molecule has 0 radical (unpaired) electrons. The predicted molar refractivity (Wildman–Crippen MR) is 131 cm³/mol. The van der Waals surface area contributed by atoms with Crippen molar-refractivity contribution in [3.05, 3.63) is 48.2 Å². The van der Waals surface area contributed by atoms with Gasteiger partial charge in [-0.05, 0) is 68.0 Å². The summed E-state index contributed by atoms with van der Waals surface area (Å²) >= 11 is 0. The summed E-state index contributed by atoms with van der Waals surface area (Å²) in [4.78, 5) is 18.3. The Hall–Kier alpha value is -2.48. The van der Waals surface area contributed by atoms with Crippen LogP contribution >= 0.6 is 0 Å². The number of ether oxygens (including phenoxy) is 3. The second kappa shape index (κ2) is 11.3. The summed E-state index contributed by atoms with van der Waals surface area (Å²) in [6.07, 6.45) is 4.74. The molecule has 0 amide bonds. The van der Waals surface area contributed by atoms with Gasteiger partial charge >= 0.3 is 5.97 Å². The van der Waals surface area contributed by atoms with E-state index in [4.69, 9.17) is 14.2 Å². The first-order valence-electron chi connectivity index (χ1n) is 12.3. The first kappa shape index (κ1) is 24.6. The summed E-state index contributed by atoms with van der Waals surface area (Å²) in [5.74, 6) is 1.77. The Morgan fingerprint density at radius 3 is 2.82 bits per heavy atom. The number of rotatable bonds is 11. The highest BCUT2D eigenvalue weighted by atomic mass is 16.6. The van der Waals surface area contributed by atoms with Crippen LogP contribution in [0.25, 0.3) is 10.9 Å². The quantitative estimate of drug-likeness (QED) is 0.304. The molecule has 5 rings (SSSR count). The number of pyridine rings is 1. The normalized spacial score (nSPS) is 24.7. The molecule has 3 fully saturated rings. The van der Waals surface area contributed by atoms with E-state index in [1.54, 1.807) is 13.1 Å². The van der Waals surface area contributed by atoms with Crippen molar-refractivity contribution in [3.8, 4) is 5.75 Å². The van der Waals surface area contributed by atoms with Crippen LogP contribution in [0.3, 0.4) is 0 Å². The molecular formula is C27H36N2O5. The van der Waals surface area contributed by atoms with Crippen LogP contribution in [-0.2, 0) is 14.3 Å². The molecule has 4 heterocycles. The van der Waals surface area contributed by atoms with Crippen LogP contribution in [0, 0.1) is 11.8 Å². The van der Waals surface area contributed by atoms with Gasteiger partial charge in [-0.3, -0.25) is 9.88 Å². The molecule has 7 heteroatoms.